The molecule has 0 aliphatic heterocycles. The molecule has 0 unspecified atom stereocenters. The van der Waals surface area contributed by atoms with Gasteiger partial charge in [-0.1, -0.05) is 6.07 Å². The molecule has 1 heterocycles. The molecule has 21 heavy (non-hydrogen) atoms. The molecule has 3 rings (SSSR count). The molecule has 110 valence electrons. The number of aryl methyl sites for hydroxylation is 2. The number of hydrogen-bond acceptors (Lipinski definition) is 4. The number of ether oxygens (including phenoxy) is 1. The molecule has 1 aromatic heterocycles. The molecule has 0 atom stereocenters. The minimum Gasteiger partial charge on any atom is -0.494 e. The van der Waals surface area contributed by atoms with Gasteiger partial charge in [0, 0.05) is 10.4 Å². The van der Waals surface area contributed by atoms with Crippen LogP contribution in [-0.4, -0.2) is 17.5 Å². The van der Waals surface area contributed by atoms with E-state index in [-0.39, 0.29) is 5.91 Å². The molecule has 5 heteroatoms. The number of carbonyl (C=O) groups excluding carboxylic acids is 1. The first-order valence-corrected chi connectivity index (χ1v) is 8.10. The minimum absolute atomic E-state index is 0.136. The largest absolute Gasteiger partial charge is 0.494 e. The van der Waals surface area contributed by atoms with E-state index in [1.807, 2.05) is 19.1 Å². The highest BCUT2D eigenvalue weighted by Gasteiger charge is 2.17. The Kier molecular flexibility index (Phi) is 4.20. The van der Waals surface area contributed by atoms with Gasteiger partial charge in [-0.05, 0) is 50.8 Å². The summed E-state index contributed by atoms with van der Waals surface area (Å²) in [6.07, 6.45) is 4.53. The summed E-state index contributed by atoms with van der Waals surface area (Å²) in [5, 5.41) is 3.60. The van der Waals surface area contributed by atoms with Gasteiger partial charge in [0.05, 0.1) is 12.3 Å². The highest BCUT2D eigenvalue weighted by Crippen LogP contribution is 2.29. The van der Waals surface area contributed by atoms with Crippen LogP contribution in [0.4, 0.5) is 5.13 Å². The van der Waals surface area contributed by atoms with Crippen molar-refractivity contribution in [3.05, 3.63) is 40.4 Å². The van der Waals surface area contributed by atoms with Gasteiger partial charge in [0.1, 0.15) is 5.75 Å². The number of nitrogens with one attached hydrogen (secondary N) is 1. The number of thiazole rings is 1. The average molecular weight is 302 g/mol. The first kappa shape index (κ1) is 14.1. The summed E-state index contributed by atoms with van der Waals surface area (Å²) in [6, 6.07) is 7.22. The zero-order chi connectivity index (χ0) is 14.7. The number of nitrogens with zero attached hydrogens (tertiary/aromatic N) is 1. The lowest BCUT2D eigenvalue weighted by molar-refractivity contribution is 0.102. The van der Waals surface area contributed by atoms with Crippen molar-refractivity contribution in [1.82, 2.24) is 4.98 Å². The number of hydrogen-bond donors (Lipinski definition) is 1. The predicted molar refractivity (Wildman–Crippen MR) is 84.3 cm³/mol. The number of rotatable bonds is 4. The van der Waals surface area contributed by atoms with E-state index in [2.05, 4.69) is 10.3 Å². The second-order valence-corrected chi connectivity index (χ2v) is 6.09. The molecular weight excluding hydrogens is 284 g/mol. The third kappa shape index (κ3) is 3.24. The second kappa shape index (κ2) is 6.26. The zero-order valence-electron chi connectivity index (χ0n) is 12.0. The van der Waals surface area contributed by atoms with E-state index in [0.29, 0.717) is 23.1 Å². The summed E-state index contributed by atoms with van der Waals surface area (Å²) in [5.74, 6) is 0.575. The molecule has 0 saturated carbocycles. The molecule has 2 aromatic rings. The minimum atomic E-state index is -0.136. The van der Waals surface area contributed by atoms with Crippen molar-refractivity contribution in [3.8, 4) is 5.75 Å². The number of amides is 1. The maximum absolute atomic E-state index is 12.3. The van der Waals surface area contributed by atoms with Crippen LogP contribution in [-0.2, 0) is 12.8 Å². The monoisotopic (exact) mass is 302 g/mol. The summed E-state index contributed by atoms with van der Waals surface area (Å²) in [4.78, 5) is 18.1. The van der Waals surface area contributed by atoms with Crippen LogP contribution in [0.3, 0.4) is 0 Å². The maximum Gasteiger partial charge on any atom is 0.257 e. The van der Waals surface area contributed by atoms with Crippen LogP contribution in [0.2, 0.25) is 0 Å². The zero-order valence-corrected chi connectivity index (χ0v) is 12.8. The van der Waals surface area contributed by atoms with E-state index in [9.17, 15) is 4.79 Å². The summed E-state index contributed by atoms with van der Waals surface area (Å²) >= 11 is 1.60. The highest BCUT2D eigenvalue weighted by atomic mass is 32.1. The molecule has 1 N–H and O–H groups in total. The van der Waals surface area contributed by atoms with Crippen LogP contribution in [0.1, 0.15) is 40.7 Å². The third-order valence-corrected chi connectivity index (χ3v) is 4.55. The summed E-state index contributed by atoms with van der Waals surface area (Å²) < 4.78 is 5.42. The van der Waals surface area contributed by atoms with Gasteiger partial charge < -0.3 is 4.74 Å². The Morgan fingerprint density at radius 2 is 2.24 bits per heavy atom. The SMILES string of the molecule is CCOc1cccc(C(=O)Nc2nc3c(s2)CCCC3)c1. The van der Waals surface area contributed by atoms with E-state index < -0.39 is 0 Å². The summed E-state index contributed by atoms with van der Waals surface area (Å²) in [7, 11) is 0. The van der Waals surface area contributed by atoms with Crippen molar-refractivity contribution in [3.63, 3.8) is 0 Å². The van der Waals surface area contributed by atoms with E-state index in [1.165, 1.54) is 17.7 Å². The molecule has 4 nitrogen and oxygen atoms in total. The molecule has 1 amide bonds. The molecule has 0 bridgehead atoms. The quantitative estimate of drug-likeness (QED) is 0.937. The lowest BCUT2D eigenvalue weighted by Crippen LogP contribution is -2.12. The lowest BCUT2D eigenvalue weighted by atomic mass is 10.0. The lowest BCUT2D eigenvalue weighted by Gasteiger charge is -2.06. The van der Waals surface area contributed by atoms with Crippen molar-refractivity contribution < 1.29 is 9.53 Å². The first-order chi connectivity index (χ1) is 10.3. The fraction of sp³-hybridized carbons (Fsp3) is 0.375. The van der Waals surface area contributed by atoms with Gasteiger partial charge in [-0.15, -0.1) is 11.3 Å². The Hall–Kier alpha value is -1.88. The number of aromatic nitrogens is 1. The van der Waals surface area contributed by atoms with Crippen LogP contribution < -0.4 is 10.1 Å². The van der Waals surface area contributed by atoms with Crippen molar-refractivity contribution in [2.24, 2.45) is 0 Å². The van der Waals surface area contributed by atoms with E-state index in [0.717, 1.165) is 18.5 Å². The Balaban J connectivity index is 1.73. The van der Waals surface area contributed by atoms with Crippen molar-refractivity contribution in [1.29, 1.82) is 0 Å². The molecule has 1 aliphatic carbocycles. The smallest absolute Gasteiger partial charge is 0.257 e. The van der Waals surface area contributed by atoms with Crippen molar-refractivity contribution >= 4 is 22.4 Å². The van der Waals surface area contributed by atoms with Gasteiger partial charge >= 0.3 is 0 Å². The van der Waals surface area contributed by atoms with Crippen molar-refractivity contribution in [2.75, 3.05) is 11.9 Å². The van der Waals surface area contributed by atoms with Gasteiger partial charge in [0.25, 0.3) is 5.91 Å². The van der Waals surface area contributed by atoms with E-state index in [1.54, 1.807) is 23.5 Å². The third-order valence-electron chi connectivity index (χ3n) is 3.47. The first-order valence-electron chi connectivity index (χ1n) is 7.29. The van der Waals surface area contributed by atoms with Crippen LogP contribution >= 0.6 is 11.3 Å². The Morgan fingerprint density at radius 3 is 3.05 bits per heavy atom. The molecule has 0 spiro atoms. The second-order valence-electron chi connectivity index (χ2n) is 5.01. The Bertz CT molecular complexity index is 628. The highest BCUT2D eigenvalue weighted by molar-refractivity contribution is 7.15. The standard InChI is InChI=1S/C16H18N2O2S/c1-2-20-12-7-5-6-11(10-12)15(19)18-16-17-13-8-3-4-9-14(13)21-16/h5-7,10H,2-4,8-9H2,1H3,(H,17,18,19). The van der Waals surface area contributed by atoms with Crippen LogP contribution in [0.15, 0.2) is 24.3 Å². The summed E-state index contributed by atoms with van der Waals surface area (Å²) in [6.45, 7) is 2.51. The number of fused-ring (bicyclic) bond motifs is 1. The van der Waals surface area contributed by atoms with Gasteiger partial charge in [-0.2, -0.15) is 0 Å². The molecular formula is C16H18N2O2S. The maximum atomic E-state index is 12.3. The number of carbonyl (C=O) groups is 1. The molecule has 1 aliphatic rings. The average Bonchev–Trinajstić information content (AvgIpc) is 2.90. The van der Waals surface area contributed by atoms with Crippen LogP contribution in [0.25, 0.3) is 0 Å². The van der Waals surface area contributed by atoms with E-state index in [4.69, 9.17) is 4.74 Å². The fourth-order valence-corrected chi connectivity index (χ4v) is 3.51. The molecule has 0 fully saturated rings. The molecule has 1 aromatic carbocycles. The Labute approximate surface area is 128 Å². The molecule has 0 saturated heterocycles. The van der Waals surface area contributed by atoms with E-state index >= 15 is 0 Å². The predicted octanol–water partition coefficient (Wildman–Crippen LogP) is 3.67. The van der Waals surface area contributed by atoms with Gasteiger partial charge in [0.15, 0.2) is 5.13 Å². The summed E-state index contributed by atoms with van der Waals surface area (Å²) in [5.41, 5.74) is 1.75. The number of benzene rings is 1. The van der Waals surface area contributed by atoms with Gasteiger partial charge in [-0.25, -0.2) is 4.98 Å². The van der Waals surface area contributed by atoms with Gasteiger partial charge in [0.2, 0.25) is 0 Å². The van der Waals surface area contributed by atoms with Crippen LogP contribution in [0, 0.1) is 0 Å². The van der Waals surface area contributed by atoms with Crippen LogP contribution in [0.5, 0.6) is 5.75 Å². The Morgan fingerprint density at radius 1 is 1.38 bits per heavy atom. The molecule has 0 radical (unpaired) electrons. The normalized spacial score (nSPS) is 13.6. The fourth-order valence-electron chi connectivity index (χ4n) is 2.47. The van der Waals surface area contributed by atoms with Crippen molar-refractivity contribution in [2.45, 2.75) is 32.6 Å². The van der Waals surface area contributed by atoms with Gasteiger partial charge in [-0.3, -0.25) is 10.1 Å². The number of anilines is 1. The topological polar surface area (TPSA) is 51.2 Å².